The van der Waals surface area contributed by atoms with Crippen LogP contribution < -0.4 is 0 Å². The lowest BCUT2D eigenvalue weighted by Crippen LogP contribution is -2.32. The molecule has 2 rings (SSSR count). The highest BCUT2D eigenvalue weighted by molar-refractivity contribution is 7.56. The van der Waals surface area contributed by atoms with Crippen LogP contribution >= 0.6 is 7.60 Å². The SMILES string of the molecule is CCOP(=O)(OCC)C1(C)CC(Cc2ccccc2)OC1=O. The number of rotatable bonds is 7. The average molecular weight is 326 g/mol. The number of benzene rings is 1. The first-order valence-electron chi connectivity index (χ1n) is 7.59. The van der Waals surface area contributed by atoms with Gasteiger partial charge < -0.3 is 13.8 Å². The Morgan fingerprint density at radius 3 is 2.36 bits per heavy atom. The summed E-state index contributed by atoms with van der Waals surface area (Å²) in [5.41, 5.74) is 1.08. The minimum absolute atomic E-state index is 0.226. The van der Waals surface area contributed by atoms with Gasteiger partial charge in [0.05, 0.1) is 13.2 Å². The summed E-state index contributed by atoms with van der Waals surface area (Å²) < 4.78 is 29.2. The van der Waals surface area contributed by atoms with Crippen molar-refractivity contribution in [2.24, 2.45) is 0 Å². The second-order valence-corrected chi connectivity index (χ2v) is 8.03. The third kappa shape index (κ3) is 3.27. The zero-order valence-electron chi connectivity index (χ0n) is 13.3. The first-order valence-corrected chi connectivity index (χ1v) is 9.13. The topological polar surface area (TPSA) is 61.8 Å². The van der Waals surface area contributed by atoms with Gasteiger partial charge in [0, 0.05) is 12.8 Å². The van der Waals surface area contributed by atoms with E-state index in [-0.39, 0.29) is 19.3 Å². The highest BCUT2D eigenvalue weighted by Gasteiger charge is 2.59. The Kier molecular flexibility index (Phi) is 5.43. The van der Waals surface area contributed by atoms with Crippen LogP contribution in [0.2, 0.25) is 0 Å². The zero-order chi connectivity index (χ0) is 16.2. The molecule has 2 unspecified atom stereocenters. The summed E-state index contributed by atoms with van der Waals surface area (Å²) >= 11 is 0. The standard InChI is InChI=1S/C16H23O5P/c1-4-19-22(18,20-5-2)16(3)12-14(21-15(16)17)11-13-9-7-6-8-10-13/h6-10,14H,4-5,11-12H2,1-3H3. The van der Waals surface area contributed by atoms with Gasteiger partial charge in [-0.1, -0.05) is 30.3 Å². The van der Waals surface area contributed by atoms with Crippen LogP contribution in [0.5, 0.6) is 0 Å². The van der Waals surface area contributed by atoms with Gasteiger partial charge in [0.25, 0.3) is 0 Å². The molecule has 1 aliphatic heterocycles. The van der Waals surface area contributed by atoms with Gasteiger partial charge in [0.1, 0.15) is 6.10 Å². The van der Waals surface area contributed by atoms with Crippen LogP contribution in [0, 0.1) is 0 Å². The van der Waals surface area contributed by atoms with Crippen LogP contribution in [0.15, 0.2) is 30.3 Å². The van der Waals surface area contributed by atoms with Gasteiger partial charge >= 0.3 is 13.6 Å². The zero-order valence-corrected chi connectivity index (χ0v) is 14.2. The molecule has 122 valence electrons. The molecule has 1 aliphatic rings. The quantitative estimate of drug-likeness (QED) is 0.566. The van der Waals surface area contributed by atoms with E-state index in [2.05, 4.69) is 0 Å². The largest absolute Gasteiger partial charge is 0.461 e. The smallest absolute Gasteiger partial charge is 0.347 e. The van der Waals surface area contributed by atoms with Gasteiger partial charge in [-0.3, -0.25) is 9.36 Å². The molecule has 1 fully saturated rings. The molecule has 0 bridgehead atoms. The summed E-state index contributed by atoms with van der Waals surface area (Å²) in [6, 6.07) is 9.78. The molecule has 0 spiro atoms. The number of carbonyl (C=O) groups is 1. The summed E-state index contributed by atoms with van der Waals surface area (Å²) in [7, 11) is -3.55. The Balaban J connectivity index is 2.17. The van der Waals surface area contributed by atoms with Crippen molar-refractivity contribution in [1.82, 2.24) is 0 Å². The molecule has 2 atom stereocenters. The summed E-state index contributed by atoms with van der Waals surface area (Å²) in [4.78, 5) is 12.3. The van der Waals surface area contributed by atoms with Crippen molar-refractivity contribution in [1.29, 1.82) is 0 Å². The molecule has 1 heterocycles. The van der Waals surface area contributed by atoms with Crippen LogP contribution in [-0.4, -0.2) is 30.4 Å². The molecular formula is C16H23O5P. The fourth-order valence-electron chi connectivity index (χ4n) is 2.72. The first kappa shape index (κ1) is 17.2. The van der Waals surface area contributed by atoms with Crippen LogP contribution in [0.4, 0.5) is 0 Å². The summed E-state index contributed by atoms with van der Waals surface area (Å²) in [6.45, 7) is 5.53. The fraction of sp³-hybridized carbons (Fsp3) is 0.562. The molecule has 1 saturated heterocycles. The van der Waals surface area contributed by atoms with Gasteiger partial charge in [0.15, 0.2) is 5.16 Å². The van der Waals surface area contributed by atoms with Crippen molar-refractivity contribution in [3.8, 4) is 0 Å². The Labute approximate surface area is 131 Å². The van der Waals surface area contributed by atoms with Crippen LogP contribution in [0.25, 0.3) is 0 Å². The highest BCUT2D eigenvalue weighted by Crippen LogP contribution is 2.64. The molecule has 0 radical (unpaired) electrons. The Morgan fingerprint density at radius 1 is 1.23 bits per heavy atom. The molecule has 1 aromatic rings. The molecule has 6 heteroatoms. The van der Waals surface area contributed by atoms with E-state index < -0.39 is 18.7 Å². The molecule has 0 aromatic heterocycles. The number of cyclic esters (lactones) is 1. The molecule has 0 aliphatic carbocycles. The van der Waals surface area contributed by atoms with Crippen LogP contribution in [-0.2, 0) is 29.6 Å². The van der Waals surface area contributed by atoms with E-state index in [1.165, 1.54) is 0 Å². The van der Waals surface area contributed by atoms with E-state index in [1.54, 1.807) is 20.8 Å². The third-order valence-electron chi connectivity index (χ3n) is 3.85. The molecule has 0 N–H and O–H groups in total. The van der Waals surface area contributed by atoms with E-state index in [0.717, 1.165) is 5.56 Å². The van der Waals surface area contributed by atoms with Gasteiger partial charge in [-0.2, -0.15) is 0 Å². The molecule has 5 nitrogen and oxygen atoms in total. The number of ether oxygens (including phenoxy) is 1. The maximum atomic E-state index is 13.0. The third-order valence-corrected chi connectivity index (χ3v) is 6.62. The maximum absolute atomic E-state index is 13.0. The Bertz CT molecular complexity index is 549. The lowest BCUT2D eigenvalue weighted by atomic mass is 10.0. The van der Waals surface area contributed by atoms with Gasteiger partial charge in [-0.15, -0.1) is 0 Å². The monoisotopic (exact) mass is 326 g/mol. The van der Waals surface area contributed by atoms with E-state index >= 15 is 0 Å². The number of hydrogen-bond donors (Lipinski definition) is 0. The number of hydrogen-bond acceptors (Lipinski definition) is 5. The predicted octanol–water partition coefficient (Wildman–Crippen LogP) is 3.57. The van der Waals surface area contributed by atoms with Crippen molar-refractivity contribution in [3.05, 3.63) is 35.9 Å². The molecule has 0 saturated carbocycles. The van der Waals surface area contributed by atoms with Gasteiger partial charge in [-0.05, 0) is 26.3 Å². The molecule has 22 heavy (non-hydrogen) atoms. The maximum Gasteiger partial charge on any atom is 0.347 e. The van der Waals surface area contributed by atoms with Crippen molar-refractivity contribution in [2.45, 2.75) is 44.9 Å². The summed E-state index contributed by atoms with van der Waals surface area (Å²) in [6.07, 6.45) is 0.618. The first-order chi connectivity index (χ1) is 10.4. The molecular weight excluding hydrogens is 303 g/mol. The highest BCUT2D eigenvalue weighted by atomic mass is 31.2. The fourth-order valence-corrected chi connectivity index (χ4v) is 4.75. The normalized spacial score (nSPS) is 25.2. The van der Waals surface area contributed by atoms with E-state index in [9.17, 15) is 9.36 Å². The van der Waals surface area contributed by atoms with Crippen molar-refractivity contribution < 1.29 is 23.1 Å². The van der Waals surface area contributed by atoms with E-state index in [1.807, 2.05) is 30.3 Å². The lowest BCUT2D eigenvalue weighted by Gasteiger charge is -2.28. The Morgan fingerprint density at radius 2 is 1.82 bits per heavy atom. The van der Waals surface area contributed by atoms with Crippen LogP contribution in [0.3, 0.4) is 0 Å². The Hall–Kier alpha value is -1.16. The van der Waals surface area contributed by atoms with Gasteiger partial charge in [-0.25, -0.2) is 0 Å². The number of carbonyl (C=O) groups excluding carboxylic acids is 1. The number of esters is 1. The predicted molar refractivity (Wildman–Crippen MR) is 83.9 cm³/mol. The average Bonchev–Trinajstić information content (AvgIpc) is 2.76. The lowest BCUT2D eigenvalue weighted by molar-refractivity contribution is -0.143. The minimum atomic E-state index is -3.55. The second kappa shape index (κ2) is 6.95. The summed E-state index contributed by atoms with van der Waals surface area (Å²) in [5, 5.41) is -1.24. The van der Waals surface area contributed by atoms with Crippen LogP contribution in [0.1, 0.15) is 32.8 Å². The minimum Gasteiger partial charge on any atom is -0.461 e. The van der Waals surface area contributed by atoms with Crippen molar-refractivity contribution in [2.75, 3.05) is 13.2 Å². The molecule has 1 aromatic carbocycles. The summed E-state index contributed by atoms with van der Waals surface area (Å²) in [5.74, 6) is -0.501. The van der Waals surface area contributed by atoms with Gasteiger partial charge in [0.2, 0.25) is 0 Å². The van der Waals surface area contributed by atoms with Crippen molar-refractivity contribution >= 4 is 13.6 Å². The van der Waals surface area contributed by atoms with E-state index in [0.29, 0.717) is 12.8 Å². The van der Waals surface area contributed by atoms with Crippen molar-refractivity contribution in [3.63, 3.8) is 0 Å². The van der Waals surface area contributed by atoms with E-state index in [4.69, 9.17) is 13.8 Å². The second-order valence-electron chi connectivity index (χ2n) is 5.53. The molecule has 0 amide bonds.